The molecule has 1 aromatic carbocycles. The van der Waals surface area contributed by atoms with Gasteiger partial charge in [0.05, 0.1) is 17.4 Å². The number of ether oxygens (including phenoxy) is 1. The summed E-state index contributed by atoms with van der Waals surface area (Å²) in [6.07, 6.45) is 3.73. The van der Waals surface area contributed by atoms with Gasteiger partial charge in [-0.15, -0.1) is 0 Å². The number of hydrogen-bond acceptors (Lipinski definition) is 6. The summed E-state index contributed by atoms with van der Waals surface area (Å²) in [6.45, 7) is 4.60. The second-order valence-electron chi connectivity index (χ2n) is 6.06. The van der Waals surface area contributed by atoms with Gasteiger partial charge in [0.2, 0.25) is 5.95 Å². The fourth-order valence-electron chi connectivity index (χ4n) is 2.67. The third-order valence-corrected chi connectivity index (χ3v) is 3.91. The third-order valence-electron chi connectivity index (χ3n) is 3.91. The molecule has 2 heterocycles. The Labute approximate surface area is 147 Å². The Morgan fingerprint density at radius 2 is 2.00 bits per heavy atom. The Balaban J connectivity index is 1.75. The van der Waals surface area contributed by atoms with Crippen molar-refractivity contribution in [3.8, 4) is 5.75 Å². The molecule has 6 heteroatoms. The molecule has 3 N–H and O–H groups in total. The van der Waals surface area contributed by atoms with E-state index in [0.29, 0.717) is 18.2 Å². The molecule has 0 amide bonds. The summed E-state index contributed by atoms with van der Waals surface area (Å²) >= 11 is 0. The lowest BCUT2D eigenvalue weighted by atomic mass is 10.2. The van der Waals surface area contributed by atoms with Gasteiger partial charge in [-0.25, -0.2) is 9.97 Å². The van der Waals surface area contributed by atoms with Crippen molar-refractivity contribution in [1.82, 2.24) is 15.0 Å². The molecule has 1 atom stereocenters. The highest BCUT2D eigenvalue weighted by atomic mass is 16.5. The summed E-state index contributed by atoms with van der Waals surface area (Å²) in [7, 11) is 0. The van der Waals surface area contributed by atoms with Crippen molar-refractivity contribution >= 4 is 22.7 Å². The molecule has 0 bridgehead atoms. The van der Waals surface area contributed by atoms with Crippen LogP contribution < -0.4 is 15.8 Å². The molecule has 0 aliphatic carbocycles. The van der Waals surface area contributed by atoms with Crippen LogP contribution in [0.2, 0.25) is 0 Å². The minimum absolute atomic E-state index is 0.224. The Morgan fingerprint density at radius 1 is 1.16 bits per heavy atom. The number of hydrogen-bond donors (Lipinski definition) is 2. The van der Waals surface area contributed by atoms with Crippen LogP contribution in [0.4, 0.5) is 11.8 Å². The smallest absolute Gasteiger partial charge is 0.222 e. The predicted molar refractivity (Wildman–Crippen MR) is 101 cm³/mol. The number of aromatic nitrogens is 3. The number of para-hydroxylation sites is 1. The Hall–Kier alpha value is -2.89. The number of rotatable bonds is 7. The molecule has 25 heavy (non-hydrogen) atoms. The number of nitrogens with zero attached hydrogens (tertiary/aromatic N) is 3. The van der Waals surface area contributed by atoms with Gasteiger partial charge in [0.15, 0.2) is 11.6 Å². The largest absolute Gasteiger partial charge is 0.482 e. The lowest BCUT2D eigenvalue weighted by Gasteiger charge is -2.16. The van der Waals surface area contributed by atoms with Crippen molar-refractivity contribution in [2.75, 3.05) is 11.1 Å². The van der Waals surface area contributed by atoms with Gasteiger partial charge in [0.1, 0.15) is 6.61 Å². The maximum Gasteiger partial charge on any atom is 0.222 e. The first-order valence-corrected chi connectivity index (χ1v) is 8.52. The van der Waals surface area contributed by atoms with E-state index in [2.05, 4.69) is 34.1 Å². The highest BCUT2D eigenvalue weighted by molar-refractivity contribution is 5.78. The van der Waals surface area contributed by atoms with E-state index < -0.39 is 0 Å². The van der Waals surface area contributed by atoms with Gasteiger partial charge in [0, 0.05) is 11.4 Å². The van der Waals surface area contributed by atoms with Crippen LogP contribution in [0.25, 0.3) is 10.9 Å². The predicted octanol–water partition coefficient (Wildman–Crippen LogP) is 3.79. The average molecular weight is 337 g/mol. The van der Waals surface area contributed by atoms with Crippen molar-refractivity contribution in [3.63, 3.8) is 0 Å². The second kappa shape index (κ2) is 7.79. The first-order chi connectivity index (χ1) is 12.2. The van der Waals surface area contributed by atoms with Gasteiger partial charge >= 0.3 is 0 Å². The fraction of sp³-hybridized carbons (Fsp3) is 0.316. The van der Waals surface area contributed by atoms with Crippen LogP contribution in [0.5, 0.6) is 5.75 Å². The molecule has 0 aliphatic rings. The molecule has 1 unspecified atom stereocenters. The van der Waals surface area contributed by atoms with Gasteiger partial charge < -0.3 is 15.8 Å². The molecule has 6 nitrogen and oxygen atoms in total. The summed E-state index contributed by atoms with van der Waals surface area (Å²) in [5.74, 6) is 1.42. The second-order valence-corrected chi connectivity index (χ2v) is 6.06. The standard InChI is InChI=1S/C19H23N5O/c1-3-6-13(2)22-18-17(11-21-19(20)24-18)25-12-15-10-9-14-7-4-5-8-16(14)23-15/h4-5,7-11,13H,3,6,12H2,1-2H3,(H3,20,21,22,24). The number of nitrogen functional groups attached to an aromatic ring is 1. The van der Waals surface area contributed by atoms with E-state index >= 15 is 0 Å². The summed E-state index contributed by atoms with van der Waals surface area (Å²) in [4.78, 5) is 12.9. The summed E-state index contributed by atoms with van der Waals surface area (Å²) < 4.78 is 5.90. The van der Waals surface area contributed by atoms with Gasteiger partial charge in [0.25, 0.3) is 0 Å². The van der Waals surface area contributed by atoms with Crippen molar-refractivity contribution in [2.45, 2.75) is 39.3 Å². The third kappa shape index (κ3) is 4.35. The Kier molecular flexibility index (Phi) is 5.28. The number of anilines is 2. The lowest BCUT2D eigenvalue weighted by Crippen LogP contribution is -2.17. The van der Waals surface area contributed by atoms with E-state index in [1.165, 1.54) is 0 Å². The molecule has 0 fully saturated rings. The maximum atomic E-state index is 5.90. The summed E-state index contributed by atoms with van der Waals surface area (Å²) in [5.41, 5.74) is 7.52. The van der Waals surface area contributed by atoms with Crippen LogP contribution in [-0.4, -0.2) is 21.0 Å². The van der Waals surface area contributed by atoms with Crippen molar-refractivity contribution < 1.29 is 4.74 Å². The zero-order valence-corrected chi connectivity index (χ0v) is 14.6. The highest BCUT2D eigenvalue weighted by Gasteiger charge is 2.11. The number of nitrogens with one attached hydrogen (secondary N) is 1. The van der Waals surface area contributed by atoms with Crippen LogP contribution in [0, 0.1) is 0 Å². The molecule has 2 aromatic heterocycles. The molecule has 3 aromatic rings. The quantitative estimate of drug-likeness (QED) is 0.682. The average Bonchev–Trinajstić information content (AvgIpc) is 2.61. The van der Waals surface area contributed by atoms with E-state index in [4.69, 9.17) is 10.5 Å². The normalized spacial score (nSPS) is 12.1. The van der Waals surface area contributed by atoms with Gasteiger partial charge in [-0.05, 0) is 25.5 Å². The van der Waals surface area contributed by atoms with Crippen LogP contribution in [0.15, 0.2) is 42.6 Å². The fourth-order valence-corrected chi connectivity index (χ4v) is 2.67. The lowest BCUT2D eigenvalue weighted by molar-refractivity contribution is 0.300. The highest BCUT2D eigenvalue weighted by Crippen LogP contribution is 2.24. The van der Waals surface area contributed by atoms with E-state index in [1.807, 2.05) is 36.4 Å². The number of fused-ring (bicyclic) bond motifs is 1. The van der Waals surface area contributed by atoms with Crippen LogP contribution in [0.3, 0.4) is 0 Å². The van der Waals surface area contributed by atoms with Crippen LogP contribution in [-0.2, 0) is 6.61 Å². The molecule has 0 radical (unpaired) electrons. The Bertz CT molecular complexity index is 852. The summed E-state index contributed by atoms with van der Waals surface area (Å²) in [6, 6.07) is 12.3. The molecule has 0 saturated carbocycles. The number of pyridine rings is 1. The zero-order chi connectivity index (χ0) is 17.6. The molecule has 0 aliphatic heterocycles. The van der Waals surface area contributed by atoms with Crippen molar-refractivity contribution in [3.05, 3.63) is 48.3 Å². The van der Waals surface area contributed by atoms with E-state index in [9.17, 15) is 0 Å². The molecule has 3 rings (SSSR count). The van der Waals surface area contributed by atoms with E-state index in [-0.39, 0.29) is 12.0 Å². The summed E-state index contributed by atoms with van der Waals surface area (Å²) in [5, 5.41) is 4.45. The molecular weight excluding hydrogens is 314 g/mol. The van der Waals surface area contributed by atoms with Crippen LogP contribution in [0.1, 0.15) is 32.4 Å². The van der Waals surface area contributed by atoms with Crippen LogP contribution >= 0.6 is 0 Å². The van der Waals surface area contributed by atoms with E-state index in [0.717, 1.165) is 29.4 Å². The minimum Gasteiger partial charge on any atom is -0.482 e. The Morgan fingerprint density at radius 3 is 2.84 bits per heavy atom. The first-order valence-electron chi connectivity index (χ1n) is 8.52. The van der Waals surface area contributed by atoms with Crippen molar-refractivity contribution in [2.24, 2.45) is 0 Å². The maximum absolute atomic E-state index is 5.90. The number of nitrogens with two attached hydrogens (primary N) is 1. The SMILES string of the molecule is CCCC(C)Nc1nc(N)ncc1OCc1ccc2ccccc2n1. The molecule has 130 valence electrons. The van der Waals surface area contributed by atoms with Gasteiger partial charge in [-0.1, -0.05) is 37.6 Å². The minimum atomic E-state index is 0.224. The molecular formula is C19H23N5O. The van der Waals surface area contributed by atoms with E-state index in [1.54, 1.807) is 6.20 Å². The number of benzene rings is 1. The van der Waals surface area contributed by atoms with Gasteiger partial charge in [-0.2, -0.15) is 4.98 Å². The van der Waals surface area contributed by atoms with Gasteiger partial charge in [-0.3, -0.25) is 0 Å². The zero-order valence-electron chi connectivity index (χ0n) is 14.6. The molecule has 0 saturated heterocycles. The monoisotopic (exact) mass is 337 g/mol. The molecule has 0 spiro atoms. The van der Waals surface area contributed by atoms with Crippen molar-refractivity contribution in [1.29, 1.82) is 0 Å². The first kappa shape index (κ1) is 17.0. The topological polar surface area (TPSA) is 86.0 Å².